The van der Waals surface area contributed by atoms with E-state index in [0.29, 0.717) is 24.9 Å². The number of hydrogen-bond donors (Lipinski definition) is 1. The van der Waals surface area contributed by atoms with Crippen molar-refractivity contribution in [2.75, 3.05) is 26.2 Å². The number of aromatic nitrogens is 2. The summed E-state index contributed by atoms with van der Waals surface area (Å²) in [6.07, 6.45) is 1.01. The molecule has 0 amide bonds. The summed E-state index contributed by atoms with van der Waals surface area (Å²) in [5, 5.41) is 3.97. The molecule has 2 heterocycles. The fourth-order valence-corrected chi connectivity index (χ4v) is 2.44. The molecule has 116 valence electrons. The summed E-state index contributed by atoms with van der Waals surface area (Å²) in [7, 11) is 0. The monoisotopic (exact) mass is 304 g/mol. The van der Waals surface area contributed by atoms with Gasteiger partial charge in [-0.25, -0.2) is 0 Å². The van der Waals surface area contributed by atoms with Crippen LogP contribution in [-0.4, -0.2) is 41.3 Å². The van der Waals surface area contributed by atoms with Crippen LogP contribution in [-0.2, 0) is 11.3 Å². The first-order valence-electron chi connectivity index (χ1n) is 6.93. The van der Waals surface area contributed by atoms with Gasteiger partial charge in [0.1, 0.15) is 6.10 Å². The van der Waals surface area contributed by atoms with Crippen LogP contribution in [0.2, 0.25) is 0 Å². The summed E-state index contributed by atoms with van der Waals surface area (Å²) in [6, 6.07) is 0. The lowest BCUT2D eigenvalue weighted by Gasteiger charge is -2.21. The number of likely N-dealkylation sites (tertiary alicyclic amines) is 1. The molecular weight excluding hydrogens is 280 g/mol. The zero-order chi connectivity index (χ0) is 13.9. The Labute approximate surface area is 126 Å². The molecule has 0 aliphatic carbocycles. The van der Waals surface area contributed by atoms with Gasteiger partial charge < -0.3 is 15.0 Å². The van der Waals surface area contributed by atoms with Gasteiger partial charge in [0.25, 0.3) is 0 Å². The molecule has 20 heavy (non-hydrogen) atoms. The maximum atomic E-state index is 5.81. The third-order valence-electron chi connectivity index (χ3n) is 3.75. The molecule has 2 N–H and O–H groups in total. The lowest BCUT2D eigenvalue weighted by Crippen LogP contribution is -2.31. The van der Waals surface area contributed by atoms with Crippen molar-refractivity contribution in [3.63, 3.8) is 0 Å². The van der Waals surface area contributed by atoms with Gasteiger partial charge in [0.05, 0.1) is 6.54 Å². The van der Waals surface area contributed by atoms with Gasteiger partial charge in [-0.15, -0.1) is 12.4 Å². The highest BCUT2D eigenvalue weighted by molar-refractivity contribution is 5.85. The van der Waals surface area contributed by atoms with Crippen LogP contribution in [0.25, 0.3) is 0 Å². The van der Waals surface area contributed by atoms with Crippen molar-refractivity contribution in [3.05, 3.63) is 11.7 Å². The predicted molar refractivity (Wildman–Crippen MR) is 78.6 cm³/mol. The minimum atomic E-state index is -0.115. The molecule has 1 aromatic heterocycles. The number of nitrogens with zero attached hydrogens (tertiary/aromatic N) is 3. The van der Waals surface area contributed by atoms with Crippen LogP contribution in [0.4, 0.5) is 0 Å². The molecule has 1 fully saturated rings. The van der Waals surface area contributed by atoms with Gasteiger partial charge in [-0.05, 0) is 38.8 Å². The molecule has 2 unspecified atom stereocenters. The van der Waals surface area contributed by atoms with Gasteiger partial charge in [0.2, 0.25) is 5.89 Å². The summed E-state index contributed by atoms with van der Waals surface area (Å²) in [4.78, 5) is 6.71. The van der Waals surface area contributed by atoms with Gasteiger partial charge in [-0.2, -0.15) is 4.98 Å². The molecule has 1 aliphatic rings. The van der Waals surface area contributed by atoms with Crippen LogP contribution in [0, 0.1) is 5.41 Å². The Hall–Kier alpha value is -0.690. The first kappa shape index (κ1) is 17.4. The molecule has 0 aromatic carbocycles. The number of rotatable bonds is 6. The maximum absolute atomic E-state index is 5.81. The number of ether oxygens (including phenoxy) is 1. The normalized spacial score (nSPS) is 24.6. The first-order valence-corrected chi connectivity index (χ1v) is 6.93. The Bertz CT molecular complexity index is 415. The highest BCUT2D eigenvalue weighted by Crippen LogP contribution is 2.29. The zero-order valence-electron chi connectivity index (χ0n) is 12.5. The Balaban J connectivity index is 0.00000200. The number of nitrogens with two attached hydrogens (primary N) is 1. The van der Waals surface area contributed by atoms with Crippen LogP contribution in [0.5, 0.6) is 0 Å². The van der Waals surface area contributed by atoms with E-state index in [2.05, 4.69) is 22.0 Å². The van der Waals surface area contributed by atoms with Crippen molar-refractivity contribution in [3.8, 4) is 0 Å². The Morgan fingerprint density at radius 1 is 1.55 bits per heavy atom. The van der Waals surface area contributed by atoms with E-state index in [1.807, 2.05) is 13.8 Å². The van der Waals surface area contributed by atoms with Gasteiger partial charge in [-0.3, -0.25) is 4.90 Å². The fraction of sp³-hybridized carbons (Fsp3) is 0.846. The van der Waals surface area contributed by atoms with E-state index >= 15 is 0 Å². The third-order valence-corrected chi connectivity index (χ3v) is 3.75. The van der Waals surface area contributed by atoms with E-state index in [1.54, 1.807) is 0 Å². The molecule has 1 aliphatic heterocycles. The lowest BCUT2D eigenvalue weighted by molar-refractivity contribution is 0.0683. The minimum Gasteiger partial charge on any atom is -0.371 e. The SMILES string of the molecule is CCOC(C)c1noc(CN2CCC(C)(CN)C2)n1.Cl. The quantitative estimate of drug-likeness (QED) is 0.863. The van der Waals surface area contributed by atoms with Crippen LogP contribution in [0.15, 0.2) is 4.52 Å². The highest BCUT2D eigenvalue weighted by atomic mass is 35.5. The van der Waals surface area contributed by atoms with Crippen molar-refractivity contribution in [1.29, 1.82) is 0 Å². The van der Waals surface area contributed by atoms with E-state index in [9.17, 15) is 0 Å². The van der Waals surface area contributed by atoms with Crippen molar-refractivity contribution in [2.24, 2.45) is 11.1 Å². The van der Waals surface area contributed by atoms with E-state index in [1.165, 1.54) is 0 Å². The van der Waals surface area contributed by atoms with Crippen LogP contribution < -0.4 is 5.73 Å². The van der Waals surface area contributed by atoms with Crippen molar-refractivity contribution >= 4 is 12.4 Å². The summed E-state index contributed by atoms with van der Waals surface area (Å²) >= 11 is 0. The third kappa shape index (κ3) is 4.15. The Kier molecular flexibility index (Phi) is 6.39. The second-order valence-electron chi connectivity index (χ2n) is 5.62. The standard InChI is InChI=1S/C13H24N4O2.ClH/c1-4-18-10(2)12-15-11(19-16-12)7-17-6-5-13(3,8-14)9-17;/h10H,4-9,14H2,1-3H3;1H. The molecular formula is C13H25ClN4O2. The summed E-state index contributed by atoms with van der Waals surface area (Å²) in [5.41, 5.74) is 6.03. The van der Waals surface area contributed by atoms with Gasteiger partial charge in [0, 0.05) is 13.2 Å². The summed E-state index contributed by atoms with van der Waals surface area (Å²) in [6.45, 7) is 10.2. The molecule has 0 radical (unpaired) electrons. The van der Waals surface area contributed by atoms with Gasteiger partial charge >= 0.3 is 0 Å². The van der Waals surface area contributed by atoms with E-state index in [4.69, 9.17) is 15.0 Å². The second-order valence-corrected chi connectivity index (χ2v) is 5.62. The molecule has 6 nitrogen and oxygen atoms in total. The molecule has 0 spiro atoms. The maximum Gasteiger partial charge on any atom is 0.240 e. The van der Waals surface area contributed by atoms with Crippen molar-refractivity contribution in [2.45, 2.75) is 39.8 Å². The van der Waals surface area contributed by atoms with Crippen molar-refractivity contribution in [1.82, 2.24) is 15.0 Å². The van der Waals surface area contributed by atoms with Crippen LogP contribution in [0.3, 0.4) is 0 Å². The van der Waals surface area contributed by atoms with Gasteiger partial charge in [-0.1, -0.05) is 12.1 Å². The van der Waals surface area contributed by atoms with E-state index in [0.717, 1.165) is 26.1 Å². The van der Waals surface area contributed by atoms with Crippen LogP contribution >= 0.6 is 12.4 Å². The first-order chi connectivity index (χ1) is 9.06. The molecule has 0 bridgehead atoms. The molecule has 2 rings (SSSR count). The number of halogens is 1. The van der Waals surface area contributed by atoms with Gasteiger partial charge in [0.15, 0.2) is 5.82 Å². The largest absolute Gasteiger partial charge is 0.371 e. The van der Waals surface area contributed by atoms with E-state index < -0.39 is 0 Å². The fourth-order valence-electron chi connectivity index (χ4n) is 2.44. The molecule has 1 aromatic rings. The predicted octanol–water partition coefficient (Wildman–Crippen LogP) is 1.76. The van der Waals surface area contributed by atoms with Crippen LogP contribution in [0.1, 0.15) is 45.0 Å². The second kappa shape index (κ2) is 7.36. The smallest absolute Gasteiger partial charge is 0.240 e. The molecule has 7 heteroatoms. The number of hydrogen-bond acceptors (Lipinski definition) is 6. The lowest BCUT2D eigenvalue weighted by atomic mass is 9.90. The van der Waals surface area contributed by atoms with Crippen molar-refractivity contribution < 1.29 is 9.26 Å². The Morgan fingerprint density at radius 3 is 2.90 bits per heavy atom. The molecule has 0 saturated carbocycles. The molecule has 1 saturated heterocycles. The Morgan fingerprint density at radius 2 is 2.30 bits per heavy atom. The zero-order valence-corrected chi connectivity index (χ0v) is 13.3. The molecule has 2 atom stereocenters. The average molecular weight is 305 g/mol. The summed E-state index contributed by atoms with van der Waals surface area (Å²) < 4.78 is 10.7. The highest BCUT2D eigenvalue weighted by Gasteiger charge is 2.33. The topological polar surface area (TPSA) is 77.4 Å². The average Bonchev–Trinajstić information content (AvgIpc) is 2.98. The summed E-state index contributed by atoms with van der Waals surface area (Å²) in [5.74, 6) is 1.28. The van der Waals surface area contributed by atoms with E-state index in [-0.39, 0.29) is 23.9 Å². The minimum absolute atomic E-state index is 0.